The van der Waals surface area contributed by atoms with Gasteiger partial charge in [-0.25, -0.2) is 0 Å². The summed E-state index contributed by atoms with van der Waals surface area (Å²) in [6.45, 7) is 7.52. The number of esters is 3. The molecule has 456 valence electrons. The molecular weight excluding hydrogens is 1110 g/mol. The number of carbonyl (C=O) groups excluding carboxylic acids is 3. The number of rotatable bonds is 27. The van der Waals surface area contributed by atoms with Crippen molar-refractivity contribution in [1.82, 2.24) is 0 Å². The summed E-state index contributed by atoms with van der Waals surface area (Å²) in [7, 11) is 0. The van der Waals surface area contributed by atoms with Gasteiger partial charge in [0.15, 0.2) is 30.9 Å². The van der Waals surface area contributed by atoms with Crippen LogP contribution in [0.3, 0.4) is 0 Å². The second kappa shape index (κ2) is 31.3. The van der Waals surface area contributed by atoms with Gasteiger partial charge < -0.3 is 66.3 Å². The maximum Gasteiger partial charge on any atom is 0.303 e. The van der Waals surface area contributed by atoms with E-state index in [-0.39, 0.29) is 57.7 Å². The molecule has 3 aliphatic rings. The third-order valence-corrected chi connectivity index (χ3v) is 14.7. The Morgan fingerprint density at radius 1 is 0.419 bits per heavy atom. The lowest BCUT2D eigenvalue weighted by atomic mass is 9.90. The van der Waals surface area contributed by atoms with E-state index in [0.717, 1.165) is 27.8 Å². The monoisotopic (exact) mass is 1180 g/mol. The van der Waals surface area contributed by atoms with Crippen molar-refractivity contribution >= 4 is 23.6 Å². The Kier molecular flexibility index (Phi) is 22.9. The molecule has 0 N–H and O–H groups in total. The van der Waals surface area contributed by atoms with Crippen molar-refractivity contribution in [1.29, 1.82) is 0 Å². The summed E-state index contributed by atoms with van der Waals surface area (Å²) in [5.41, 5.74) is 4.19. The van der Waals surface area contributed by atoms with Crippen LogP contribution in [0.2, 0.25) is 0 Å². The van der Waals surface area contributed by atoms with Gasteiger partial charge >= 0.3 is 17.9 Å². The van der Waals surface area contributed by atoms with E-state index < -0.39 is 115 Å². The number of ether oxygens (including phenoxy) is 14. The van der Waals surface area contributed by atoms with Crippen molar-refractivity contribution in [3.8, 4) is 5.75 Å². The Balaban J connectivity index is 1.14. The Morgan fingerprint density at radius 3 is 1.27 bits per heavy atom. The van der Waals surface area contributed by atoms with Crippen LogP contribution < -0.4 is 4.74 Å². The number of nitro groups is 1. The maximum absolute atomic E-state index is 13.3. The molecule has 0 aromatic heterocycles. The van der Waals surface area contributed by atoms with Gasteiger partial charge in [-0.2, -0.15) is 0 Å². The van der Waals surface area contributed by atoms with Gasteiger partial charge in [0.1, 0.15) is 42.4 Å². The molecule has 86 heavy (non-hydrogen) atoms. The van der Waals surface area contributed by atoms with Crippen LogP contribution in [0.4, 0.5) is 5.69 Å². The van der Waals surface area contributed by atoms with Gasteiger partial charge in [-0.1, -0.05) is 159 Å². The largest absolute Gasteiger partial charge is 0.465 e. The molecule has 3 fully saturated rings. The van der Waals surface area contributed by atoms with Crippen molar-refractivity contribution in [2.45, 2.75) is 154 Å². The molecule has 20 heteroatoms. The zero-order valence-corrected chi connectivity index (χ0v) is 48.6. The van der Waals surface area contributed by atoms with Gasteiger partial charge in [0.2, 0.25) is 6.29 Å². The van der Waals surface area contributed by atoms with Crippen LogP contribution in [-0.2, 0) is 109 Å². The first-order valence-corrected chi connectivity index (χ1v) is 28.7. The van der Waals surface area contributed by atoms with Crippen LogP contribution in [0.25, 0.3) is 0 Å². The molecule has 0 aliphatic carbocycles. The predicted octanol–water partition coefficient (Wildman–Crippen LogP) is 9.56. The highest BCUT2D eigenvalue weighted by Crippen LogP contribution is 2.40. The second-order valence-electron chi connectivity index (χ2n) is 21.2. The van der Waals surface area contributed by atoms with E-state index in [9.17, 15) is 24.5 Å². The predicted molar refractivity (Wildman–Crippen MR) is 308 cm³/mol. The number of nitro benzene ring substituents is 1. The highest BCUT2D eigenvalue weighted by atomic mass is 16.8. The summed E-state index contributed by atoms with van der Waals surface area (Å²) in [6, 6.07) is 53.5. The van der Waals surface area contributed by atoms with Crippen LogP contribution >= 0.6 is 0 Å². The number of hydrogen-bond acceptors (Lipinski definition) is 19. The van der Waals surface area contributed by atoms with Crippen LogP contribution in [0.5, 0.6) is 5.75 Å². The topological polar surface area (TPSA) is 224 Å². The number of benzene rings is 6. The van der Waals surface area contributed by atoms with Gasteiger partial charge in [0.25, 0.3) is 5.69 Å². The molecule has 15 unspecified atom stereocenters. The molecule has 20 nitrogen and oxygen atoms in total. The Hall–Kier alpha value is -7.47. The van der Waals surface area contributed by atoms with Gasteiger partial charge in [-0.05, 0) is 46.9 Å². The SMILES string of the molecule is CC(=O)OC1C(COCc2ccccc2)OC(OC2C(COCc3ccccc3)OC(Oc3ccc([N+](=O)[O-])cc3)C(C)C2OC2OC(C)C(OCc3ccccc3)C(OCc3ccccc3)C2OCc2ccccc2)C(OC(C)=O)C1OC(C)=O. The van der Waals surface area contributed by atoms with Gasteiger partial charge in [0, 0.05) is 38.8 Å². The van der Waals surface area contributed by atoms with Crippen molar-refractivity contribution in [2.75, 3.05) is 13.2 Å². The Morgan fingerprint density at radius 2 is 0.802 bits per heavy atom. The van der Waals surface area contributed by atoms with Crippen LogP contribution in [0.1, 0.15) is 62.4 Å². The lowest BCUT2D eigenvalue weighted by molar-refractivity contribution is -0.385. The van der Waals surface area contributed by atoms with E-state index in [1.165, 1.54) is 45.0 Å². The van der Waals surface area contributed by atoms with E-state index >= 15 is 0 Å². The minimum absolute atomic E-state index is 0.0968. The first-order valence-electron chi connectivity index (χ1n) is 28.7. The Bertz CT molecular complexity index is 3040. The lowest BCUT2D eigenvalue weighted by Gasteiger charge is -2.51. The van der Waals surface area contributed by atoms with E-state index in [0.29, 0.717) is 0 Å². The molecular formula is C66H73NO19. The summed E-state index contributed by atoms with van der Waals surface area (Å²) in [5.74, 6) is -2.95. The van der Waals surface area contributed by atoms with E-state index in [4.69, 9.17) is 66.3 Å². The molecule has 0 radical (unpaired) electrons. The third-order valence-electron chi connectivity index (χ3n) is 14.7. The molecule has 6 aromatic carbocycles. The Labute approximate surface area is 499 Å². The fourth-order valence-corrected chi connectivity index (χ4v) is 10.6. The van der Waals surface area contributed by atoms with Gasteiger partial charge in [-0.15, -0.1) is 0 Å². The molecule has 15 atom stereocenters. The molecule has 6 aromatic rings. The van der Waals surface area contributed by atoms with Gasteiger partial charge in [0.05, 0.1) is 63.4 Å². The summed E-state index contributed by atoms with van der Waals surface area (Å²) in [6.07, 6.45) is -16.7. The normalized spacial score (nSPS) is 27.3. The minimum atomic E-state index is -1.63. The first kappa shape index (κ1) is 63.0. The van der Waals surface area contributed by atoms with Crippen molar-refractivity contribution in [3.63, 3.8) is 0 Å². The third kappa shape index (κ3) is 17.6. The van der Waals surface area contributed by atoms with Crippen molar-refractivity contribution < 1.29 is 85.6 Å². The molecule has 3 heterocycles. The second-order valence-corrected chi connectivity index (χ2v) is 21.2. The van der Waals surface area contributed by atoms with Crippen LogP contribution in [0, 0.1) is 16.0 Å². The van der Waals surface area contributed by atoms with E-state index in [2.05, 4.69) is 0 Å². The zero-order valence-electron chi connectivity index (χ0n) is 48.6. The molecule has 9 rings (SSSR count). The van der Waals surface area contributed by atoms with Crippen LogP contribution in [0.15, 0.2) is 176 Å². The molecule has 0 bridgehead atoms. The smallest absolute Gasteiger partial charge is 0.303 e. The van der Waals surface area contributed by atoms with Gasteiger partial charge in [-0.3, -0.25) is 24.5 Å². The first-order chi connectivity index (χ1) is 41.8. The maximum atomic E-state index is 13.3. The summed E-state index contributed by atoms with van der Waals surface area (Å²) >= 11 is 0. The fourth-order valence-electron chi connectivity index (χ4n) is 10.6. The number of hydrogen-bond donors (Lipinski definition) is 0. The minimum Gasteiger partial charge on any atom is -0.465 e. The van der Waals surface area contributed by atoms with E-state index in [1.807, 2.05) is 166 Å². The molecule has 3 saturated heterocycles. The summed E-state index contributed by atoms with van der Waals surface area (Å²) in [5, 5.41) is 11.8. The number of carbonyl (C=O) groups is 3. The molecule has 3 aliphatic heterocycles. The van der Waals surface area contributed by atoms with Crippen molar-refractivity contribution in [3.05, 3.63) is 214 Å². The summed E-state index contributed by atoms with van der Waals surface area (Å²) < 4.78 is 93.2. The molecule has 0 saturated carbocycles. The highest BCUT2D eigenvalue weighted by Gasteiger charge is 2.57. The lowest BCUT2D eigenvalue weighted by Crippen LogP contribution is -2.67. The van der Waals surface area contributed by atoms with Crippen LogP contribution in [-0.4, -0.2) is 122 Å². The average molecular weight is 1180 g/mol. The number of nitrogens with zero attached hydrogens (tertiary/aromatic N) is 1. The number of non-ortho nitro benzene ring substituents is 1. The van der Waals surface area contributed by atoms with E-state index in [1.54, 1.807) is 0 Å². The zero-order chi connectivity index (χ0) is 60.4. The van der Waals surface area contributed by atoms with Crippen molar-refractivity contribution in [2.24, 2.45) is 5.92 Å². The highest BCUT2D eigenvalue weighted by molar-refractivity contribution is 5.68. The quantitative estimate of drug-likeness (QED) is 0.0203. The summed E-state index contributed by atoms with van der Waals surface area (Å²) in [4.78, 5) is 50.7. The average Bonchev–Trinajstić information content (AvgIpc) is 0.959. The molecule has 0 spiro atoms. The molecule has 0 amide bonds. The standard InChI is InChI=1S/C66H73NO19/c1-42-56(85-65-62(77-39-51-29-19-10-20-30-51)60(76-38-50-27-17-9-18-28-50)57(43(2)78-65)75-37-49-25-15-8-16-26-49)58(54(40-73-35-47-21-11-6-12-22-47)83-64(42)82-53-33-31-52(32-34-53)67(71)72)86-66-63(81-46(5)70)61(80-45(4)69)59(79-44(3)68)55(84-66)41-74-36-48-23-13-7-14-24-48/h6-34,42-43,54-66H,35-41H2,1-5H3. The fraction of sp³-hybridized carbons (Fsp3) is 0.409.